The topological polar surface area (TPSA) is 56.5 Å². The zero-order valence-corrected chi connectivity index (χ0v) is 11.2. The average molecular weight is 260 g/mol. The Morgan fingerprint density at radius 2 is 2.05 bits per heavy atom. The van der Waals surface area contributed by atoms with Crippen molar-refractivity contribution in [2.75, 3.05) is 0 Å². The zero-order chi connectivity index (χ0) is 14.0. The second-order valence-corrected chi connectivity index (χ2v) is 5.07. The van der Waals surface area contributed by atoms with Crippen molar-refractivity contribution in [3.05, 3.63) is 40.8 Å². The fraction of sp³-hybridized carbons (Fsp3) is 0.333. The first-order valence-electron chi connectivity index (χ1n) is 6.18. The summed E-state index contributed by atoms with van der Waals surface area (Å²) in [5, 5.41) is 0.405. The molecule has 0 radical (unpaired) electrons. The van der Waals surface area contributed by atoms with Crippen LogP contribution in [0.4, 0.5) is 0 Å². The number of benzene rings is 1. The minimum Gasteiger partial charge on any atom is -0.464 e. The van der Waals surface area contributed by atoms with Gasteiger partial charge in [-0.05, 0) is 38.5 Å². The number of esters is 1. The summed E-state index contributed by atoms with van der Waals surface area (Å²) in [6.07, 6.45) is 2.03. The molecular weight excluding hydrogens is 244 g/mol. The van der Waals surface area contributed by atoms with Gasteiger partial charge in [-0.3, -0.25) is 9.59 Å². The Morgan fingerprint density at radius 1 is 1.32 bits per heavy atom. The van der Waals surface area contributed by atoms with Crippen molar-refractivity contribution >= 4 is 16.9 Å². The van der Waals surface area contributed by atoms with E-state index in [2.05, 4.69) is 0 Å². The van der Waals surface area contributed by atoms with Crippen LogP contribution in [0.3, 0.4) is 0 Å². The predicted molar refractivity (Wildman–Crippen MR) is 72.2 cm³/mol. The van der Waals surface area contributed by atoms with Crippen molar-refractivity contribution in [2.24, 2.45) is 5.41 Å². The molecule has 0 aliphatic heterocycles. The molecule has 0 N–H and O–H groups in total. The molecule has 100 valence electrons. The van der Waals surface area contributed by atoms with Crippen molar-refractivity contribution in [3.63, 3.8) is 0 Å². The summed E-state index contributed by atoms with van der Waals surface area (Å²) in [5.74, 6) is 0.0483. The molecule has 0 fully saturated rings. The third-order valence-electron chi connectivity index (χ3n) is 3.28. The summed E-state index contributed by atoms with van der Waals surface area (Å²) in [7, 11) is 0. The monoisotopic (exact) mass is 260 g/mol. The summed E-state index contributed by atoms with van der Waals surface area (Å²) in [6, 6.07) is 6.11. The van der Waals surface area contributed by atoms with Crippen molar-refractivity contribution < 1.29 is 13.9 Å². The van der Waals surface area contributed by atoms with Gasteiger partial charge >= 0.3 is 5.97 Å². The fourth-order valence-corrected chi connectivity index (χ4v) is 1.52. The lowest BCUT2D eigenvalue weighted by Crippen LogP contribution is -2.28. The maximum Gasteiger partial charge on any atom is 0.316 e. The van der Waals surface area contributed by atoms with Gasteiger partial charge in [0.15, 0.2) is 5.43 Å². The lowest BCUT2D eigenvalue weighted by Gasteiger charge is -2.20. The summed E-state index contributed by atoms with van der Waals surface area (Å²) >= 11 is 0. The molecule has 2 aromatic rings. The van der Waals surface area contributed by atoms with E-state index in [0.29, 0.717) is 23.1 Å². The van der Waals surface area contributed by atoms with Crippen LogP contribution < -0.4 is 10.2 Å². The van der Waals surface area contributed by atoms with E-state index in [1.165, 1.54) is 18.4 Å². The maximum absolute atomic E-state index is 12.0. The van der Waals surface area contributed by atoms with Gasteiger partial charge in [-0.2, -0.15) is 0 Å². The molecule has 19 heavy (non-hydrogen) atoms. The van der Waals surface area contributed by atoms with Crippen molar-refractivity contribution in [1.29, 1.82) is 0 Å². The first kappa shape index (κ1) is 13.3. The number of ether oxygens (including phenoxy) is 1. The lowest BCUT2D eigenvalue weighted by molar-refractivity contribution is -0.144. The number of hydrogen-bond donors (Lipinski definition) is 0. The van der Waals surface area contributed by atoms with Crippen LogP contribution in [0.15, 0.2) is 39.7 Å². The van der Waals surface area contributed by atoms with Gasteiger partial charge in [-0.1, -0.05) is 6.92 Å². The van der Waals surface area contributed by atoms with E-state index in [1.54, 1.807) is 12.1 Å². The third kappa shape index (κ3) is 2.67. The van der Waals surface area contributed by atoms with E-state index in [-0.39, 0.29) is 11.4 Å². The number of fused-ring (bicyclic) bond motifs is 1. The Kier molecular flexibility index (Phi) is 3.42. The molecule has 2 rings (SSSR count). The molecule has 0 unspecified atom stereocenters. The van der Waals surface area contributed by atoms with Gasteiger partial charge in [0.25, 0.3) is 0 Å². The molecule has 0 aliphatic carbocycles. The van der Waals surface area contributed by atoms with Crippen LogP contribution in [-0.4, -0.2) is 5.97 Å². The van der Waals surface area contributed by atoms with Crippen LogP contribution in [0.5, 0.6) is 5.75 Å². The molecule has 4 nitrogen and oxygen atoms in total. The minimum atomic E-state index is -0.545. The number of hydrogen-bond acceptors (Lipinski definition) is 4. The molecule has 0 spiro atoms. The van der Waals surface area contributed by atoms with E-state index in [1.807, 2.05) is 20.8 Å². The molecule has 0 saturated heterocycles. The Balaban J connectivity index is 2.35. The molecule has 0 saturated carbocycles. The maximum atomic E-state index is 12.0. The Morgan fingerprint density at radius 3 is 2.74 bits per heavy atom. The van der Waals surface area contributed by atoms with Gasteiger partial charge in [0, 0.05) is 6.07 Å². The largest absolute Gasteiger partial charge is 0.464 e. The van der Waals surface area contributed by atoms with Crippen LogP contribution in [0.1, 0.15) is 27.2 Å². The Bertz CT molecular complexity index is 667. The van der Waals surface area contributed by atoms with Crippen molar-refractivity contribution in [1.82, 2.24) is 0 Å². The summed E-state index contributed by atoms with van der Waals surface area (Å²) < 4.78 is 10.5. The second-order valence-electron chi connectivity index (χ2n) is 5.07. The Labute approximate surface area is 111 Å². The molecule has 0 atom stereocenters. The molecule has 1 heterocycles. The fourth-order valence-electron chi connectivity index (χ4n) is 1.52. The molecule has 0 aliphatic rings. The van der Waals surface area contributed by atoms with Gasteiger partial charge in [0.1, 0.15) is 11.3 Å². The average Bonchev–Trinajstić information content (AvgIpc) is 2.39. The highest BCUT2D eigenvalue weighted by Gasteiger charge is 2.27. The highest BCUT2D eigenvalue weighted by molar-refractivity contribution is 5.81. The van der Waals surface area contributed by atoms with Gasteiger partial charge < -0.3 is 9.15 Å². The molecule has 4 heteroatoms. The number of rotatable bonds is 3. The van der Waals surface area contributed by atoms with Crippen LogP contribution >= 0.6 is 0 Å². The first-order chi connectivity index (χ1) is 8.94. The van der Waals surface area contributed by atoms with Gasteiger partial charge in [-0.25, -0.2) is 0 Å². The van der Waals surface area contributed by atoms with E-state index in [9.17, 15) is 9.59 Å². The molecule has 0 amide bonds. The van der Waals surface area contributed by atoms with Gasteiger partial charge in [0.2, 0.25) is 0 Å². The smallest absolute Gasteiger partial charge is 0.316 e. The van der Waals surface area contributed by atoms with Crippen LogP contribution in [0.25, 0.3) is 11.0 Å². The summed E-state index contributed by atoms with van der Waals surface area (Å²) in [5.41, 5.74) is -0.230. The highest BCUT2D eigenvalue weighted by atomic mass is 16.5. The first-order valence-corrected chi connectivity index (χ1v) is 6.18. The summed E-state index contributed by atoms with van der Waals surface area (Å²) in [4.78, 5) is 23.6. The van der Waals surface area contributed by atoms with Crippen LogP contribution in [0, 0.1) is 5.41 Å². The SMILES string of the molecule is CCC(C)(C)C(=O)Oc1ccc2occc(=O)c2c1. The standard InChI is InChI=1S/C15H16O4/c1-4-15(2,3)14(17)19-10-5-6-13-11(9-10)12(16)7-8-18-13/h5-9H,4H2,1-3H3. The number of carbonyl (C=O) groups excluding carboxylic acids is 1. The van der Waals surface area contributed by atoms with E-state index in [4.69, 9.17) is 9.15 Å². The van der Waals surface area contributed by atoms with Crippen LogP contribution in [0.2, 0.25) is 0 Å². The molecular formula is C15H16O4. The van der Waals surface area contributed by atoms with Gasteiger partial charge in [0.05, 0.1) is 17.1 Å². The normalized spacial score (nSPS) is 11.5. The summed E-state index contributed by atoms with van der Waals surface area (Å²) in [6.45, 7) is 5.58. The highest BCUT2D eigenvalue weighted by Crippen LogP contribution is 2.25. The zero-order valence-electron chi connectivity index (χ0n) is 11.2. The van der Waals surface area contributed by atoms with Gasteiger partial charge in [-0.15, -0.1) is 0 Å². The third-order valence-corrected chi connectivity index (χ3v) is 3.28. The van der Waals surface area contributed by atoms with Crippen molar-refractivity contribution in [2.45, 2.75) is 27.2 Å². The molecule has 1 aromatic heterocycles. The van der Waals surface area contributed by atoms with Crippen molar-refractivity contribution in [3.8, 4) is 5.75 Å². The quantitative estimate of drug-likeness (QED) is 0.628. The lowest BCUT2D eigenvalue weighted by atomic mass is 9.91. The molecule has 0 bridgehead atoms. The second kappa shape index (κ2) is 4.88. The van der Waals surface area contributed by atoms with E-state index >= 15 is 0 Å². The van der Waals surface area contributed by atoms with E-state index < -0.39 is 5.41 Å². The molecule has 1 aromatic carbocycles. The Hall–Kier alpha value is -2.10. The number of carbonyl (C=O) groups is 1. The van der Waals surface area contributed by atoms with Crippen LogP contribution in [-0.2, 0) is 4.79 Å². The predicted octanol–water partition coefficient (Wildman–Crippen LogP) is 3.13. The van der Waals surface area contributed by atoms with E-state index in [0.717, 1.165) is 0 Å². The minimum absolute atomic E-state index is 0.158.